The molecule has 1 amide bonds. The summed E-state index contributed by atoms with van der Waals surface area (Å²) in [5.41, 5.74) is 0.0622. The number of hydrogen-bond donors (Lipinski definition) is 1. The predicted molar refractivity (Wildman–Crippen MR) is 117 cm³/mol. The molecule has 28 heavy (non-hydrogen) atoms. The molecular weight excluding hydrogens is 444 g/mol. The molecule has 0 bridgehead atoms. The fourth-order valence-corrected chi connectivity index (χ4v) is 3.05. The maximum atomic E-state index is 12.1. The van der Waals surface area contributed by atoms with Gasteiger partial charge in [-0.25, -0.2) is 4.79 Å². The number of carbonyl (C=O) groups excluding carboxylic acids is 1. The van der Waals surface area contributed by atoms with E-state index < -0.39 is 30.0 Å². The zero-order valence-corrected chi connectivity index (χ0v) is 19.8. The fraction of sp³-hybridized carbons (Fsp3) is 0.550. The highest BCUT2D eigenvalue weighted by molar-refractivity contribution is 9.10. The van der Waals surface area contributed by atoms with E-state index in [9.17, 15) is 4.79 Å². The van der Waals surface area contributed by atoms with Crippen LogP contribution in [0.4, 0.5) is 4.79 Å². The molecule has 1 fully saturated rings. The van der Waals surface area contributed by atoms with E-state index in [4.69, 9.17) is 25.6 Å². The van der Waals surface area contributed by atoms with E-state index in [2.05, 4.69) is 21.2 Å². The summed E-state index contributed by atoms with van der Waals surface area (Å²) in [6.07, 6.45) is 1.41. The van der Waals surface area contributed by atoms with Gasteiger partial charge in [0.25, 0.3) is 0 Å². The highest BCUT2D eigenvalue weighted by atomic mass is 79.9. The Morgan fingerprint density at radius 3 is 2.36 bits per heavy atom. The van der Waals surface area contributed by atoms with E-state index >= 15 is 0 Å². The van der Waals surface area contributed by atoms with Gasteiger partial charge in [-0.1, -0.05) is 33.6 Å². The molecule has 1 aliphatic rings. The Hall–Kier alpha value is -1.02. The molecule has 1 aromatic rings. The topological polar surface area (TPSA) is 56.8 Å². The highest BCUT2D eigenvalue weighted by Crippen LogP contribution is 2.39. The van der Waals surface area contributed by atoms with Crippen LogP contribution in [0.3, 0.4) is 0 Å². The monoisotopic (exact) mass is 471 g/mol. The molecule has 0 radical (unpaired) electrons. The van der Waals surface area contributed by atoms with Crippen molar-refractivity contribution in [2.75, 3.05) is 6.54 Å². The van der Waals surface area contributed by atoms with Gasteiger partial charge in [0.15, 0.2) is 0 Å². The number of rotatable bonds is 4. The van der Waals surface area contributed by atoms with Gasteiger partial charge in [0.2, 0.25) is 0 Å². The van der Waals surface area contributed by atoms with Crippen LogP contribution in [0.1, 0.15) is 54.0 Å². The van der Waals surface area contributed by atoms with Crippen LogP contribution in [0.5, 0.6) is 0 Å². The molecule has 0 atom stereocenters. The molecule has 8 heteroatoms. The Balaban J connectivity index is 2.30. The second-order valence-corrected chi connectivity index (χ2v) is 10.1. The van der Waals surface area contributed by atoms with Crippen LogP contribution in [0.15, 0.2) is 28.1 Å². The van der Waals surface area contributed by atoms with Crippen molar-refractivity contribution in [3.63, 3.8) is 0 Å². The van der Waals surface area contributed by atoms with Crippen LogP contribution in [0.2, 0.25) is 5.02 Å². The van der Waals surface area contributed by atoms with E-state index in [1.807, 2.05) is 66.7 Å². The van der Waals surface area contributed by atoms with Crippen LogP contribution in [0, 0.1) is 0 Å². The summed E-state index contributed by atoms with van der Waals surface area (Å²) in [7, 11) is -0.606. The van der Waals surface area contributed by atoms with E-state index in [0.717, 1.165) is 15.5 Å². The van der Waals surface area contributed by atoms with E-state index in [0.29, 0.717) is 5.02 Å². The van der Waals surface area contributed by atoms with Gasteiger partial charge >= 0.3 is 13.2 Å². The molecule has 0 spiro atoms. The maximum absolute atomic E-state index is 12.1. The molecule has 0 aliphatic carbocycles. The molecule has 1 aromatic carbocycles. The minimum Gasteiger partial charge on any atom is -0.444 e. The lowest BCUT2D eigenvalue weighted by atomic mass is 9.77. The first kappa shape index (κ1) is 23.3. The van der Waals surface area contributed by atoms with E-state index in [-0.39, 0.29) is 6.54 Å². The number of benzene rings is 1. The van der Waals surface area contributed by atoms with Gasteiger partial charge in [0, 0.05) is 16.0 Å². The number of nitrogens with one attached hydrogen (secondary N) is 1. The molecule has 1 heterocycles. The second-order valence-electron chi connectivity index (χ2n) is 8.83. The van der Waals surface area contributed by atoms with Gasteiger partial charge in [0.1, 0.15) is 5.60 Å². The third kappa shape index (κ3) is 5.99. The standard InChI is InChI=1S/C20H28BBrClNO4/c1-18(2,3)26-17(25)24-12-14(10-13-11-15(23)8-9-16(13)22)21-27-19(4,5)20(6,7)28-21/h8-11H,12H2,1-7H3,(H,24,25). The summed E-state index contributed by atoms with van der Waals surface area (Å²) >= 11 is 9.68. The van der Waals surface area contributed by atoms with Gasteiger partial charge < -0.3 is 19.4 Å². The van der Waals surface area contributed by atoms with Crippen LogP contribution < -0.4 is 5.32 Å². The molecule has 1 saturated heterocycles. The van der Waals surface area contributed by atoms with Crippen molar-refractivity contribution in [3.8, 4) is 0 Å². The number of amides is 1. The highest BCUT2D eigenvalue weighted by Gasteiger charge is 2.52. The number of hydrogen-bond acceptors (Lipinski definition) is 4. The molecule has 5 nitrogen and oxygen atoms in total. The van der Waals surface area contributed by atoms with Crippen molar-refractivity contribution in [2.45, 2.75) is 65.3 Å². The van der Waals surface area contributed by atoms with Gasteiger partial charge in [-0.2, -0.15) is 0 Å². The number of carbonyl (C=O) groups is 1. The van der Waals surface area contributed by atoms with Crippen molar-refractivity contribution in [2.24, 2.45) is 0 Å². The smallest absolute Gasteiger partial charge is 0.444 e. The summed E-state index contributed by atoms with van der Waals surface area (Å²) in [5, 5.41) is 3.40. The molecule has 1 aliphatic heterocycles. The van der Waals surface area contributed by atoms with Gasteiger partial charge in [-0.05, 0) is 77.7 Å². The lowest BCUT2D eigenvalue weighted by Gasteiger charge is -2.32. The molecule has 1 N–H and O–H groups in total. The maximum Gasteiger partial charge on any atom is 0.492 e. The van der Waals surface area contributed by atoms with Crippen LogP contribution in [-0.4, -0.2) is 36.6 Å². The predicted octanol–water partition coefficient (Wildman–Crippen LogP) is 5.64. The Labute approximate surface area is 181 Å². The Bertz CT molecular complexity index is 758. The van der Waals surface area contributed by atoms with Crippen molar-refractivity contribution >= 4 is 46.8 Å². The zero-order valence-electron chi connectivity index (χ0n) is 17.5. The lowest BCUT2D eigenvalue weighted by molar-refractivity contribution is 0.00578. The fourth-order valence-electron chi connectivity index (χ4n) is 2.51. The van der Waals surface area contributed by atoms with Crippen molar-refractivity contribution in [3.05, 3.63) is 38.7 Å². The molecule has 2 rings (SSSR count). The SMILES string of the molecule is CC(C)(C)OC(=O)NCC(=Cc1cc(Cl)ccc1Br)B1OC(C)(C)C(C)(C)O1. The molecule has 0 unspecified atom stereocenters. The lowest BCUT2D eigenvalue weighted by Crippen LogP contribution is -2.41. The minimum atomic E-state index is -0.606. The number of ether oxygens (including phenoxy) is 1. The quantitative estimate of drug-likeness (QED) is 0.576. The third-order valence-corrected chi connectivity index (χ3v) is 5.65. The van der Waals surface area contributed by atoms with E-state index in [1.165, 1.54) is 0 Å². The second kappa shape index (κ2) is 8.38. The average molecular weight is 473 g/mol. The molecule has 154 valence electrons. The van der Waals surface area contributed by atoms with Gasteiger partial charge in [0.05, 0.1) is 11.2 Å². The van der Waals surface area contributed by atoms with Crippen molar-refractivity contribution < 1.29 is 18.8 Å². The molecule has 0 saturated carbocycles. The summed E-state index contributed by atoms with van der Waals surface area (Å²) in [6, 6.07) is 5.51. The van der Waals surface area contributed by atoms with Crippen molar-refractivity contribution in [1.29, 1.82) is 0 Å². The minimum absolute atomic E-state index is 0.213. The van der Waals surface area contributed by atoms with Gasteiger partial charge in [-0.15, -0.1) is 0 Å². The summed E-state index contributed by atoms with van der Waals surface area (Å²) < 4.78 is 18.6. The van der Waals surface area contributed by atoms with Crippen LogP contribution in [-0.2, 0) is 14.0 Å². The Kier molecular flexibility index (Phi) is 6.97. The first-order chi connectivity index (χ1) is 12.7. The van der Waals surface area contributed by atoms with Crippen molar-refractivity contribution in [1.82, 2.24) is 5.32 Å². The molecule has 0 aromatic heterocycles. The van der Waals surface area contributed by atoms with Crippen LogP contribution >= 0.6 is 27.5 Å². The average Bonchev–Trinajstić information content (AvgIpc) is 2.73. The normalized spacial score (nSPS) is 18.9. The first-order valence-electron chi connectivity index (χ1n) is 9.18. The largest absolute Gasteiger partial charge is 0.492 e. The van der Waals surface area contributed by atoms with Gasteiger partial charge in [-0.3, -0.25) is 0 Å². The number of halogens is 2. The van der Waals surface area contributed by atoms with Crippen LogP contribution in [0.25, 0.3) is 6.08 Å². The Morgan fingerprint density at radius 2 is 1.82 bits per heavy atom. The summed E-state index contributed by atoms with van der Waals surface area (Å²) in [5.74, 6) is 0. The summed E-state index contributed by atoms with van der Waals surface area (Å²) in [6.45, 7) is 13.6. The summed E-state index contributed by atoms with van der Waals surface area (Å²) in [4.78, 5) is 12.1. The van der Waals surface area contributed by atoms with E-state index in [1.54, 1.807) is 6.07 Å². The Morgan fingerprint density at radius 1 is 1.25 bits per heavy atom. The molecular formula is C20H28BBrClNO4. The zero-order chi connectivity index (χ0) is 21.3. The number of alkyl carbamates (subject to hydrolysis) is 1. The first-order valence-corrected chi connectivity index (χ1v) is 10.4. The third-order valence-electron chi connectivity index (χ3n) is 4.69.